The first-order valence-corrected chi connectivity index (χ1v) is 7.57. The number of hydrogen-bond donors (Lipinski definition) is 2. The van der Waals surface area contributed by atoms with Crippen molar-refractivity contribution in [2.24, 2.45) is 11.1 Å². The summed E-state index contributed by atoms with van der Waals surface area (Å²) in [5.74, 6) is 0.891. The first kappa shape index (κ1) is 13.9. The van der Waals surface area contributed by atoms with E-state index in [9.17, 15) is 5.11 Å². The number of aliphatic hydroxyl groups is 1. The second-order valence-electron chi connectivity index (χ2n) is 7.25. The third-order valence-corrected chi connectivity index (χ3v) is 5.41. The minimum atomic E-state index is -0.717. The molecule has 3 heteroatoms. The zero-order valence-electron chi connectivity index (χ0n) is 12.5. The van der Waals surface area contributed by atoms with Crippen LogP contribution in [0.1, 0.15) is 45.1 Å². The van der Waals surface area contributed by atoms with Crippen LogP contribution in [-0.2, 0) is 5.41 Å². The van der Waals surface area contributed by atoms with Crippen molar-refractivity contribution in [2.75, 3.05) is 13.2 Å². The highest BCUT2D eigenvalue weighted by atomic mass is 16.5. The van der Waals surface area contributed by atoms with Gasteiger partial charge in [0.1, 0.15) is 5.75 Å². The fourth-order valence-corrected chi connectivity index (χ4v) is 4.27. The van der Waals surface area contributed by atoms with Crippen LogP contribution in [0.15, 0.2) is 24.3 Å². The molecule has 0 aromatic heterocycles. The van der Waals surface area contributed by atoms with Gasteiger partial charge in [-0.15, -0.1) is 0 Å². The van der Waals surface area contributed by atoms with E-state index in [0.29, 0.717) is 13.2 Å². The van der Waals surface area contributed by atoms with Gasteiger partial charge in [0.2, 0.25) is 0 Å². The Morgan fingerprint density at radius 3 is 2.60 bits per heavy atom. The Bertz CT molecular complexity index is 513. The molecule has 3 rings (SSSR count). The second kappa shape index (κ2) is 4.47. The van der Waals surface area contributed by atoms with Gasteiger partial charge in [0.25, 0.3) is 0 Å². The molecule has 0 amide bonds. The van der Waals surface area contributed by atoms with Gasteiger partial charge in [-0.3, -0.25) is 0 Å². The van der Waals surface area contributed by atoms with Crippen LogP contribution in [0.3, 0.4) is 0 Å². The van der Waals surface area contributed by atoms with Crippen LogP contribution >= 0.6 is 0 Å². The summed E-state index contributed by atoms with van der Waals surface area (Å²) in [5.41, 5.74) is 6.38. The molecule has 0 radical (unpaired) electrons. The molecular weight excluding hydrogens is 250 g/mol. The lowest BCUT2D eigenvalue weighted by molar-refractivity contribution is -0.0542. The molecule has 3 nitrogen and oxygen atoms in total. The van der Waals surface area contributed by atoms with Crippen LogP contribution in [0, 0.1) is 5.41 Å². The number of benzene rings is 1. The van der Waals surface area contributed by atoms with Crippen LogP contribution in [0.4, 0.5) is 0 Å². The van der Waals surface area contributed by atoms with E-state index in [0.717, 1.165) is 37.0 Å². The van der Waals surface area contributed by atoms with Gasteiger partial charge in [-0.1, -0.05) is 32.0 Å². The van der Waals surface area contributed by atoms with Gasteiger partial charge in [-0.25, -0.2) is 0 Å². The maximum Gasteiger partial charge on any atom is 0.123 e. The molecule has 0 saturated heterocycles. The summed E-state index contributed by atoms with van der Waals surface area (Å²) in [6, 6.07) is 8.06. The SMILES string of the molecule is CC1(C)CCC(O)(C2(CN)CCOc3ccccc32)C1. The topological polar surface area (TPSA) is 55.5 Å². The molecule has 2 unspecified atom stereocenters. The molecule has 2 atom stereocenters. The van der Waals surface area contributed by atoms with E-state index in [1.165, 1.54) is 0 Å². The average molecular weight is 275 g/mol. The van der Waals surface area contributed by atoms with Gasteiger partial charge in [-0.2, -0.15) is 0 Å². The van der Waals surface area contributed by atoms with Gasteiger partial charge in [0.15, 0.2) is 0 Å². The molecule has 2 aliphatic rings. The lowest BCUT2D eigenvalue weighted by Gasteiger charge is -2.48. The number of fused-ring (bicyclic) bond motifs is 1. The lowest BCUT2D eigenvalue weighted by Crippen LogP contribution is -2.57. The summed E-state index contributed by atoms with van der Waals surface area (Å²) in [7, 11) is 0. The monoisotopic (exact) mass is 275 g/mol. The van der Waals surface area contributed by atoms with E-state index in [1.54, 1.807) is 0 Å². The van der Waals surface area contributed by atoms with Crippen LogP contribution in [0.5, 0.6) is 5.75 Å². The van der Waals surface area contributed by atoms with Crippen molar-refractivity contribution in [2.45, 2.75) is 50.5 Å². The molecule has 3 N–H and O–H groups in total. The van der Waals surface area contributed by atoms with Crippen LogP contribution in [-0.4, -0.2) is 23.9 Å². The van der Waals surface area contributed by atoms with E-state index in [1.807, 2.05) is 18.2 Å². The first-order valence-electron chi connectivity index (χ1n) is 7.57. The van der Waals surface area contributed by atoms with Crippen molar-refractivity contribution in [3.63, 3.8) is 0 Å². The molecule has 1 saturated carbocycles. The van der Waals surface area contributed by atoms with Crippen molar-refractivity contribution in [1.29, 1.82) is 0 Å². The summed E-state index contributed by atoms with van der Waals surface area (Å²) in [6.45, 7) is 5.58. The minimum absolute atomic E-state index is 0.185. The van der Waals surface area contributed by atoms with Crippen molar-refractivity contribution in [3.05, 3.63) is 29.8 Å². The van der Waals surface area contributed by atoms with Gasteiger partial charge < -0.3 is 15.6 Å². The van der Waals surface area contributed by atoms with Gasteiger partial charge >= 0.3 is 0 Å². The summed E-state index contributed by atoms with van der Waals surface area (Å²) < 4.78 is 5.77. The fraction of sp³-hybridized carbons (Fsp3) is 0.647. The number of rotatable bonds is 2. The second-order valence-corrected chi connectivity index (χ2v) is 7.25. The molecule has 0 spiro atoms. The Hall–Kier alpha value is -1.06. The van der Waals surface area contributed by atoms with Crippen molar-refractivity contribution in [1.82, 2.24) is 0 Å². The van der Waals surface area contributed by atoms with Crippen molar-refractivity contribution >= 4 is 0 Å². The van der Waals surface area contributed by atoms with Gasteiger partial charge in [0.05, 0.1) is 12.2 Å². The Morgan fingerprint density at radius 2 is 1.95 bits per heavy atom. The molecule has 0 bridgehead atoms. The molecule has 1 aliphatic carbocycles. The third kappa shape index (κ3) is 1.87. The standard InChI is InChI=1S/C17H25NO2/c1-15(2)7-8-17(19,11-15)16(12-18)9-10-20-14-6-4-3-5-13(14)16/h3-6,19H,7-12,18H2,1-2H3. The smallest absolute Gasteiger partial charge is 0.123 e. The zero-order valence-corrected chi connectivity index (χ0v) is 12.5. The predicted molar refractivity (Wildman–Crippen MR) is 79.9 cm³/mol. The molecular formula is C17H25NO2. The Morgan fingerprint density at radius 1 is 1.20 bits per heavy atom. The number of hydrogen-bond acceptors (Lipinski definition) is 3. The van der Waals surface area contributed by atoms with E-state index < -0.39 is 5.60 Å². The predicted octanol–water partition coefficient (Wildman–Crippen LogP) is 2.61. The Labute approximate surface area is 121 Å². The molecule has 1 heterocycles. The largest absolute Gasteiger partial charge is 0.493 e. The quantitative estimate of drug-likeness (QED) is 0.872. The summed E-state index contributed by atoms with van der Waals surface area (Å²) >= 11 is 0. The van der Waals surface area contributed by atoms with E-state index in [-0.39, 0.29) is 10.8 Å². The molecule has 1 aliphatic heterocycles. The normalized spacial score (nSPS) is 35.4. The van der Waals surface area contributed by atoms with Crippen molar-refractivity contribution in [3.8, 4) is 5.75 Å². The molecule has 1 aromatic carbocycles. The zero-order chi connectivity index (χ0) is 14.4. The van der Waals surface area contributed by atoms with Crippen LogP contribution in [0.2, 0.25) is 0 Å². The summed E-state index contributed by atoms with van der Waals surface area (Å²) in [4.78, 5) is 0. The highest BCUT2D eigenvalue weighted by molar-refractivity contribution is 5.44. The van der Waals surface area contributed by atoms with Crippen molar-refractivity contribution < 1.29 is 9.84 Å². The van der Waals surface area contributed by atoms with E-state index in [4.69, 9.17) is 10.5 Å². The van der Waals surface area contributed by atoms with Gasteiger partial charge in [-0.05, 0) is 37.2 Å². The molecule has 1 fully saturated rings. The fourth-order valence-electron chi connectivity index (χ4n) is 4.27. The molecule has 1 aromatic rings. The Kier molecular flexibility index (Phi) is 3.11. The maximum absolute atomic E-state index is 11.4. The molecule has 110 valence electrons. The van der Waals surface area contributed by atoms with E-state index in [2.05, 4.69) is 19.9 Å². The summed E-state index contributed by atoms with van der Waals surface area (Å²) in [5, 5.41) is 11.4. The maximum atomic E-state index is 11.4. The molecule has 20 heavy (non-hydrogen) atoms. The Balaban J connectivity index is 2.10. The number of para-hydroxylation sites is 1. The van der Waals surface area contributed by atoms with E-state index >= 15 is 0 Å². The highest BCUT2D eigenvalue weighted by Gasteiger charge is 2.57. The van der Waals surface area contributed by atoms with Crippen LogP contribution < -0.4 is 10.5 Å². The van der Waals surface area contributed by atoms with Crippen LogP contribution in [0.25, 0.3) is 0 Å². The number of ether oxygens (including phenoxy) is 1. The number of nitrogens with two attached hydrogens (primary N) is 1. The first-order chi connectivity index (χ1) is 9.43. The minimum Gasteiger partial charge on any atom is -0.493 e. The van der Waals surface area contributed by atoms with Gasteiger partial charge in [0, 0.05) is 17.5 Å². The third-order valence-electron chi connectivity index (χ3n) is 5.41. The lowest BCUT2D eigenvalue weighted by atomic mass is 9.62. The summed E-state index contributed by atoms with van der Waals surface area (Å²) in [6.07, 6.45) is 3.48. The average Bonchev–Trinajstić information content (AvgIpc) is 2.73. The highest BCUT2D eigenvalue weighted by Crippen LogP contribution is 2.56.